The van der Waals surface area contributed by atoms with Gasteiger partial charge in [0, 0.05) is 55.5 Å². The van der Waals surface area contributed by atoms with Gasteiger partial charge in [0.05, 0.1) is 24.7 Å². The molecule has 0 bridgehead atoms. The normalized spacial score (nSPS) is 11.7. The first-order valence-corrected chi connectivity index (χ1v) is 12.1. The predicted octanol–water partition coefficient (Wildman–Crippen LogP) is 5.36. The Labute approximate surface area is 220 Å². The zero-order valence-corrected chi connectivity index (χ0v) is 22.1. The van der Waals surface area contributed by atoms with Crippen LogP contribution in [0.5, 0.6) is 5.75 Å². The van der Waals surface area contributed by atoms with Gasteiger partial charge in [-0.1, -0.05) is 18.2 Å². The van der Waals surface area contributed by atoms with E-state index in [9.17, 15) is 13.2 Å². The van der Waals surface area contributed by atoms with E-state index >= 15 is 0 Å². The number of benzene rings is 2. The minimum absolute atomic E-state index is 0.296. The fourth-order valence-corrected chi connectivity index (χ4v) is 4.19. The summed E-state index contributed by atoms with van der Waals surface area (Å²) in [7, 11) is 9.28. The minimum atomic E-state index is -4.35. The monoisotopic (exact) mass is 527 g/mol. The van der Waals surface area contributed by atoms with Crippen LogP contribution in [-0.2, 0) is 7.05 Å². The molecule has 8 nitrogen and oxygen atoms in total. The van der Waals surface area contributed by atoms with Gasteiger partial charge in [-0.3, -0.25) is 0 Å². The summed E-state index contributed by atoms with van der Waals surface area (Å²) in [6, 6.07) is 13.2. The number of nitrogens with zero attached hydrogens (tertiary/aromatic N) is 5. The van der Waals surface area contributed by atoms with E-state index in [-0.39, 0.29) is 0 Å². The van der Waals surface area contributed by atoms with Crippen molar-refractivity contribution in [3.05, 3.63) is 54.9 Å². The maximum absolute atomic E-state index is 13.0. The van der Waals surface area contributed by atoms with Crippen molar-refractivity contribution >= 4 is 33.9 Å². The van der Waals surface area contributed by atoms with E-state index in [1.165, 1.54) is 0 Å². The van der Waals surface area contributed by atoms with Crippen molar-refractivity contribution in [3.8, 4) is 17.0 Å². The Morgan fingerprint density at radius 1 is 1.05 bits per heavy atom. The highest BCUT2D eigenvalue weighted by molar-refractivity contribution is 5.96. The topological polar surface area (TPSA) is 70.5 Å². The molecule has 4 aromatic rings. The van der Waals surface area contributed by atoms with Crippen LogP contribution in [0.25, 0.3) is 22.2 Å². The molecule has 0 aliphatic carbocycles. The van der Waals surface area contributed by atoms with Gasteiger partial charge in [0.25, 0.3) is 0 Å². The predicted molar refractivity (Wildman–Crippen MR) is 147 cm³/mol. The number of nitrogens with one attached hydrogen (secondary N) is 2. The number of ether oxygens (including phenoxy) is 1. The number of methoxy groups -OCH3 is 1. The van der Waals surface area contributed by atoms with Crippen molar-refractivity contribution in [3.63, 3.8) is 0 Å². The molecule has 2 N–H and O–H groups in total. The molecule has 4 rings (SSSR count). The second-order valence-electron chi connectivity index (χ2n) is 9.33. The molecule has 0 aliphatic rings. The summed E-state index contributed by atoms with van der Waals surface area (Å²) in [4.78, 5) is 13.0. The van der Waals surface area contributed by atoms with Gasteiger partial charge in [-0.2, -0.15) is 13.2 Å². The first-order valence-electron chi connectivity index (χ1n) is 12.1. The lowest BCUT2D eigenvalue weighted by atomic mass is 10.1. The summed E-state index contributed by atoms with van der Waals surface area (Å²) < 4.78 is 46.7. The number of likely N-dealkylation sites (N-methyl/N-ethyl adjacent to an activating group) is 2. The van der Waals surface area contributed by atoms with Crippen LogP contribution in [0.15, 0.2) is 54.9 Å². The zero-order valence-electron chi connectivity index (χ0n) is 22.1. The van der Waals surface area contributed by atoms with Gasteiger partial charge in [-0.15, -0.1) is 0 Å². The average molecular weight is 528 g/mol. The standard InChI is InChI=1S/C27H32F3N7O/c1-35(2)12-13-36(3)23-11-10-18(14-21(23)32-17-27(28,29)30)33-26-31-15-24(38-5)25(34-26)20-16-37(4)22-9-7-6-8-19(20)22/h6-11,14-16,32H,12-13,17H2,1-5H3,(H,31,33,34). The van der Waals surface area contributed by atoms with Crippen molar-refractivity contribution in [1.29, 1.82) is 0 Å². The summed E-state index contributed by atoms with van der Waals surface area (Å²) in [6.07, 6.45) is -0.787. The smallest absolute Gasteiger partial charge is 0.405 e. The van der Waals surface area contributed by atoms with E-state index in [1.54, 1.807) is 31.5 Å². The van der Waals surface area contributed by atoms with Crippen molar-refractivity contribution in [2.45, 2.75) is 6.18 Å². The lowest BCUT2D eigenvalue weighted by Crippen LogP contribution is -2.29. The highest BCUT2D eigenvalue weighted by Crippen LogP contribution is 2.36. The first kappa shape index (κ1) is 27.1. The quantitative estimate of drug-likeness (QED) is 0.288. The van der Waals surface area contributed by atoms with Crippen LogP contribution in [0.1, 0.15) is 0 Å². The SMILES string of the molecule is COc1cnc(Nc2ccc(N(C)CCN(C)C)c(NCC(F)(F)F)c2)nc1-c1cn(C)c2ccccc12. The number of aryl methyl sites for hydroxylation is 1. The summed E-state index contributed by atoms with van der Waals surface area (Å²) in [5, 5.41) is 6.70. The first-order chi connectivity index (χ1) is 18.1. The lowest BCUT2D eigenvalue weighted by molar-refractivity contribution is -0.115. The third kappa shape index (κ3) is 6.28. The van der Waals surface area contributed by atoms with Crippen molar-refractivity contribution in [1.82, 2.24) is 19.4 Å². The minimum Gasteiger partial charge on any atom is -0.493 e. The number of anilines is 4. The van der Waals surface area contributed by atoms with Gasteiger partial charge < -0.3 is 29.7 Å². The van der Waals surface area contributed by atoms with Gasteiger partial charge in [0.15, 0.2) is 5.75 Å². The van der Waals surface area contributed by atoms with Crippen LogP contribution in [0, 0.1) is 0 Å². The van der Waals surface area contributed by atoms with Crippen LogP contribution in [0.4, 0.5) is 36.2 Å². The molecule has 38 heavy (non-hydrogen) atoms. The molecule has 0 spiro atoms. The molecule has 0 amide bonds. The fourth-order valence-electron chi connectivity index (χ4n) is 4.19. The second-order valence-corrected chi connectivity index (χ2v) is 9.33. The number of aromatic nitrogens is 3. The molecule has 2 aromatic heterocycles. The van der Waals surface area contributed by atoms with E-state index in [0.717, 1.165) is 23.0 Å². The Morgan fingerprint density at radius 2 is 1.82 bits per heavy atom. The summed E-state index contributed by atoms with van der Waals surface area (Å²) in [5.41, 5.74) is 4.11. The van der Waals surface area contributed by atoms with Gasteiger partial charge in [0.2, 0.25) is 5.95 Å². The van der Waals surface area contributed by atoms with Crippen molar-refractivity contribution in [2.24, 2.45) is 7.05 Å². The molecule has 0 saturated carbocycles. The molecular weight excluding hydrogens is 495 g/mol. The largest absolute Gasteiger partial charge is 0.493 e. The summed E-state index contributed by atoms with van der Waals surface area (Å²) in [5.74, 6) is 0.807. The van der Waals surface area contributed by atoms with E-state index in [1.807, 2.05) is 73.0 Å². The molecule has 0 aliphatic heterocycles. The van der Waals surface area contributed by atoms with Crippen LogP contribution in [0.3, 0.4) is 0 Å². The molecule has 11 heteroatoms. The lowest BCUT2D eigenvalue weighted by Gasteiger charge is -2.25. The Balaban J connectivity index is 1.67. The third-order valence-corrected chi connectivity index (χ3v) is 6.15. The Hall–Kier alpha value is -3.99. The van der Waals surface area contributed by atoms with Crippen molar-refractivity contribution in [2.75, 3.05) is 63.4 Å². The average Bonchev–Trinajstić information content (AvgIpc) is 3.22. The zero-order chi connectivity index (χ0) is 27.4. The number of alkyl halides is 3. The number of halogens is 3. The van der Waals surface area contributed by atoms with E-state index < -0.39 is 12.7 Å². The molecule has 202 valence electrons. The number of para-hydroxylation sites is 1. The molecule has 0 unspecified atom stereocenters. The number of hydrogen-bond acceptors (Lipinski definition) is 7. The maximum atomic E-state index is 13.0. The molecule has 0 radical (unpaired) electrons. The number of hydrogen-bond donors (Lipinski definition) is 2. The van der Waals surface area contributed by atoms with Gasteiger partial charge in [-0.05, 0) is 38.4 Å². The van der Waals surface area contributed by atoms with E-state index in [2.05, 4.69) is 15.6 Å². The maximum Gasteiger partial charge on any atom is 0.405 e. The van der Waals surface area contributed by atoms with Gasteiger partial charge in [0.1, 0.15) is 12.2 Å². The third-order valence-electron chi connectivity index (χ3n) is 6.15. The van der Waals surface area contributed by atoms with Gasteiger partial charge in [-0.25, -0.2) is 9.97 Å². The van der Waals surface area contributed by atoms with E-state index in [0.29, 0.717) is 41.0 Å². The highest BCUT2D eigenvalue weighted by atomic mass is 19.4. The highest BCUT2D eigenvalue weighted by Gasteiger charge is 2.27. The molecule has 2 aromatic carbocycles. The molecular formula is C27H32F3N7O. The van der Waals surface area contributed by atoms with Gasteiger partial charge >= 0.3 is 6.18 Å². The van der Waals surface area contributed by atoms with Crippen LogP contribution in [-0.4, -0.2) is 73.5 Å². The summed E-state index contributed by atoms with van der Waals surface area (Å²) in [6.45, 7) is 0.261. The second kappa shape index (κ2) is 11.2. The Kier molecular flexibility index (Phi) is 7.96. The molecule has 0 atom stereocenters. The number of rotatable bonds is 10. The molecule has 0 fully saturated rings. The summed E-state index contributed by atoms with van der Waals surface area (Å²) >= 11 is 0. The van der Waals surface area contributed by atoms with Crippen LogP contribution in [0.2, 0.25) is 0 Å². The Bertz CT molecular complexity index is 1400. The number of fused-ring (bicyclic) bond motifs is 1. The molecule has 0 saturated heterocycles. The fraction of sp³-hybridized carbons (Fsp3) is 0.333. The van der Waals surface area contributed by atoms with Crippen LogP contribution < -0.4 is 20.3 Å². The van der Waals surface area contributed by atoms with Crippen molar-refractivity contribution < 1.29 is 17.9 Å². The molecule has 2 heterocycles. The Morgan fingerprint density at radius 3 is 2.53 bits per heavy atom. The van der Waals surface area contributed by atoms with E-state index in [4.69, 9.17) is 9.72 Å². The van der Waals surface area contributed by atoms with Crippen LogP contribution >= 0.6 is 0 Å².